The van der Waals surface area contributed by atoms with Crippen LogP contribution in [0, 0.1) is 15.5 Å². The molecule has 0 aromatic heterocycles. The van der Waals surface area contributed by atoms with Gasteiger partial charge < -0.3 is 10.6 Å². The third-order valence-electron chi connectivity index (χ3n) is 4.56. The molecule has 2 rings (SSSR count). The fraction of sp³-hybridized carbons (Fsp3) is 0.600. The second-order valence-corrected chi connectivity index (χ2v) is 5.62. The number of nitro benzene ring substituents is 1. The van der Waals surface area contributed by atoms with E-state index in [2.05, 4.69) is 17.6 Å². The minimum atomic E-state index is -0.318. The molecular weight excluding hydrogens is 254 g/mol. The summed E-state index contributed by atoms with van der Waals surface area (Å²) in [6, 6.07) is 5.36. The average molecular weight is 277 g/mol. The van der Waals surface area contributed by atoms with Crippen LogP contribution >= 0.6 is 0 Å². The first-order valence-corrected chi connectivity index (χ1v) is 7.31. The van der Waals surface area contributed by atoms with Crippen LogP contribution in [0.5, 0.6) is 0 Å². The molecule has 0 saturated heterocycles. The Balaban J connectivity index is 2.19. The van der Waals surface area contributed by atoms with Crippen LogP contribution in [0.15, 0.2) is 18.2 Å². The number of hydrogen-bond donors (Lipinski definition) is 2. The molecule has 1 aliphatic carbocycles. The van der Waals surface area contributed by atoms with Crippen molar-refractivity contribution in [2.45, 2.75) is 39.0 Å². The van der Waals surface area contributed by atoms with E-state index in [1.54, 1.807) is 19.2 Å². The van der Waals surface area contributed by atoms with Crippen molar-refractivity contribution in [3.63, 3.8) is 0 Å². The maximum atomic E-state index is 11.3. The molecule has 20 heavy (non-hydrogen) atoms. The van der Waals surface area contributed by atoms with Crippen molar-refractivity contribution < 1.29 is 4.92 Å². The lowest BCUT2D eigenvalue weighted by Gasteiger charge is -2.28. The number of benzene rings is 1. The molecule has 110 valence electrons. The van der Waals surface area contributed by atoms with E-state index >= 15 is 0 Å². The SMILES string of the molecule is CCC1(CNc2cccc(NC)c2[N+](=O)[O-])CCCC1. The van der Waals surface area contributed by atoms with Gasteiger partial charge in [0, 0.05) is 13.6 Å². The van der Waals surface area contributed by atoms with Gasteiger partial charge in [-0.25, -0.2) is 0 Å². The average Bonchev–Trinajstić information content (AvgIpc) is 2.93. The van der Waals surface area contributed by atoms with E-state index in [0.29, 0.717) is 16.8 Å². The summed E-state index contributed by atoms with van der Waals surface area (Å²) in [5, 5.41) is 17.5. The molecule has 1 aliphatic rings. The Hall–Kier alpha value is -1.78. The molecule has 0 amide bonds. The maximum Gasteiger partial charge on any atom is 0.315 e. The van der Waals surface area contributed by atoms with Gasteiger partial charge >= 0.3 is 5.69 Å². The third-order valence-corrected chi connectivity index (χ3v) is 4.56. The van der Waals surface area contributed by atoms with Crippen LogP contribution in [-0.4, -0.2) is 18.5 Å². The van der Waals surface area contributed by atoms with E-state index in [1.807, 2.05) is 6.07 Å². The largest absolute Gasteiger partial charge is 0.382 e. The smallest absolute Gasteiger partial charge is 0.315 e. The second kappa shape index (κ2) is 6.11. The van der Waals surface area contributed by atoms with Gasteiger partial charge in [-0.15, -0.1) is 0 Å². The predicted molar refractivity (Wildman–Crippen MR) is 82.3 cm³/mol. The lowest BCUT2D eigenvalue weighted by molar-refractivity contribution is -0.383. The Labute approximate surface area is 119 Å². The summed E-state index contributed by atoms with van der Waals surface area (Å²) in [7, 11) is 1.70. The van der Waals surface area contributed by atoms with E-state index in [9.17, 15) is 10.1 Å². The molecule has 1 aromatic rings. The molecule has 2 N–H and O–H groups in total. The van der Waals surface area contributed by atoms with Gasteiger partial charge in [-0.3, -0.25) is 10.1 Å². The Kier molecular flexibility index (Phi) is 4.47. The van der Waals surface area contributed by atoms with Gasteiger partial charge in [0.2, 0.25) is 0 Å². The molecule has 0 aliphatic heterocycles. The van der Waals surface area contributed by atoms with Crippen LogP contribution in [-0.2, 0) is 0 Å². The molecule has 0 spiro atoms. The Morgan fingerprint density at radius 1 is 1.30 bits per heavy atom. The molecule has 0 unspecified atom stereocenters. The number of nitrogens with one attached hydrogen (secondary N) is 2. The first-order chi connectivity index (χ1) is 9.62. The van der Waals surface area contributed by atoms with Crippen LogP contribution in [0.2, 0.25) is 0 Å². The Bertz CT molecular complexity index is 482. The first kappa shape index (κ1) is 14.6. The molecule has 0 bridgehead atoms. The number of hydrogen-bond acceptors (Lipinski definition) is 4. The zero-order valence-corrected chi connectivity index (χ0v) is 12.2. The minimum Gasteiger partial charge on any atom is -0.382 e. The van der Waals surface area contributed by atoms with Crippen LogP contribution in [0.4, 0.5) is 17.1 Å². The van der Waals surface area contributed by atoms with Crippen molar-refractivity contribution in [2.24, 2.45) is 5.41 Å². The maximum absolute atomic E-state index is 11.3. The predicted octanol–water partition coefficient (Wildman–Crippen LogP) is 4.02. The van der Waals surface area contributed by atoms with Crippen LogP contribution < -0.4 is 10.6 Å². The highest BCUT2D eigenvalue weighted by Gasteiger charge is 2.32. The van der Waals surface area contributed by atoms with E-state index in [1.165, 1.54) is 25.7 Å². The number of rotatable bonds is 6. The monoisotopic (exact) mass is 277 g/mol. The van der Waals surface area contributed by atoms with Crippen molar-refractivity contribution in [3.8, 4) is 0 Å². The molecule has 5 heteroatoms. The van der Waals surface area contributed by atoms with E-state index in [0.717, 1.165) is 13.0 Å². The standard InChI is InChI=1S/C15H23N3O2/c1-3-15(9-4-5-10-15)11-17-13-8-6-7-12(16-2)14(13)18(19)20/h6-8,16-17H,3-5,9-11H2,1-2H3. The highest BCUT2D eigenvalue weighted by atomic mass is 16.6. The molecule has 0 radical (unpaired) electrons. The van der Waals surface area contributed by atoms with Crippen molar-refractivity contribution in [2.75, 3.05) is 24.2 Å². The highest BCUT2D eigenvalue weighted by molar-refractivity contribution is 5.76. The normalized spacial score (nSPS) is 16.9. The van der Waals surface area contributed by atoms with Crippen molar-refractivity contribution in [3.05, 3.63) is 28.3 Å². The zero-order valence-electron chi connectivity index (χ0n) is 12.2. The minimum absolute atomic E-state index is 0.138. The van der Waals surface area contributed by atoms with Gasteiger partial charge in [-0.2, -0.15) is 0 Å². The summed E-state index contributed by atoms with van der Waals surface area (Å²) in [6.45, 7) is 3.03. The van der Waals surface area contributed by atoms with Crippen LogP contribution in [0.3, 0.4) is 0 Å². The molecule has 5 nitrogen and oxygen atoms in total. The van der Waals surface area contributed by atoms with Gasteiger partial charge in [0.05, 0.1) is 4.92 Å². The van der Waals surface area contributed by atoms with Crippen LogP contribution in [0.25, 0.3) is 0 Å². The molecular formula is C15H23N3O2. The summed E-state index contributed by atoms with van der Waals surface area (Å²) in [5.41, 5.74) is 1.61. The topological polar surface area (TPSA) is 67.2 Å². The van der Waals surface area contributed by atoms with Crippen molar-refractivity contribution >= 4 is 17.1 Å². The quantitative estimate of drug-likeness (QED) is 0.608. The lowest BCUT2D eigenvalue weighted by atomic mass is 9.83. The highest BCUT2D eigenvalue weighted by Crippen LogP contribution is 2.42. The van der Waals surface area contributed by atoms with Crippen LogP contribution in [0.1, 0.15) is 39.0 Å². The zero-order chi connectivity index (χ0) is 14.6. The fourth-order valence-electron chi connectivity index (χ4n) is 3.15. The molecule has 1 fully saturated rings. The fourth-order valence-corrected chi connectivity index (χ4v) is 3.15. The number of anilines is 2. The Morgan fingerprint density at radius 2 is 1.95 bits per heavy atom. The number of nitrogens with zero attached hydrogens (tertiary/aromatic N) is 1. The van der Waals surface area contributed by atoms with Crippen molar-refractivity contribution in [1.82, 2.24) is 0 Å². The Morgan fingerprint density at radius 3 is 2.50 bits per heavy atom. The summed E-state index contributed by atoms with van der Waals surface area (Å²) in [4.78, 5) is 11.0. The van der Waals surface area contributed by atoms with Gasteiger partial charge in [0.25, 0.3) is 0 Å². The van der Waals surface area contributed by atoms with Crippen molar-refractivity contribution in [1.29, 1.82) is 0 Å². The third kappa shape index (κ3) is 2.86. The first-order valence-electron chi connectivity index (χ1n) is 7.31. The van der Waals surface area contributed by atoms with E-state index in [-0.39, 0.29) is 10.6 Å². The molecule has 1 saturated carbocycles. The molecule has 0 atom stereocenters. The summed E-state index contributed by atoms with van der Waals surface area (Å²) in [5.74, 6) is 0. The lowest BCUT2D eigenvalue weighted by Crippen LogP contribution is -2.26. The number of para-hydroxylation sites is 1. The van der Waals surface area contributed by atoms with Gasteiger partial charge in [-0.05, 0) is 36.8 Å². The van der Waals surface area contributed by atoms with Gasteiger partial charge in [0.1, 0.15) is 11.4 Å². The van der Waals surface area contributed by atoms with Gasteiger partial charge in [0.15, 0.2) is 0 Å². The summed E-state index contributed by atoms with van der Waals surface area (Å²) >= 11 is 0. The van der Waals surface area contributed by atoms with E-state index < -0.39 is 0 Å². The number of nitro groups is 1. The molecule has 1 aromatic carbocycles. The summed E-state index contributed by atoms with van der Waals surface area (Å²) in [6.07, 6.45) is 6.11. The van der Waals surface area contributed by atoms with Gasteiger partial charge in [-0.1, -0.05) is 25.8 Å². The molecule has 0 heterocycles. The summed E-state index contributed by atoms with van der Waals surface area (Å²) < 4.78 is 0. The second-order valence-electron chi connectivity index (χ2n) is 5.62. The van der Waals surface area contributed by atoms with E-state index in [4.69, 9.17) is 0 Å².